The number of nitrogens with one attached hydrogen (secondary N) is 1. The molecule has 1 heterocycles. The van der Waals surface area contributed by atoms with Crippen molar-refractivity contribution in [1.82, 2.24) is 14.8 Å². The molecular weight excluding hydrogens is 442 g/mol. The SMILES string of the molecule is Cc1ccc([N+](=O)[O-])cc1NC(=O)CSc1nnc(COc2ccc3c(c2)CCCC3)n1C. The summed E-state index contributed by atoms with van der Waals surface area (Å²) in [6.45, 7) is 2.06. The summed E-state index contributed by atoms with van der Waals surface area (Å²) in [5.74, 6) is 1.29. The Morgan fingerprint density at radius 3 is 2.76 bits per heavy atom. The predicted octanol–water partition coefficient (Wildman–Crippen LogP) is 4.22. The zero-order valence-electron chi connectivity index (χ0n) is 18.5. The van der Waals surface area contributed by atoms with E-state index in [0.717, 1.165) is 24.2 Å². The first-order chi connectivity index (χ1) is 15.9. The normalized spacial score (nSPS) is 12.8. The van der Waals surface area contributed by atoms with Crippen LogP contribution in [0, 0.1) is 17.0 Å². The number of carbonyl (C=O) groups is 1. The minimum absolute atomic E-state index is 0.0691. The summed E-state index contributed by atoms with van der Waals surface area (Å²) >= 11 is 1.24. The number of anilines is 1. The molecule has 0 spiro atoms. The van der Waals surface area contributed by atoms with Crippen molar-refractivity contribution < 1.29 is 14.5 Å². The summed E-state index contributed by atoms with van der Waals surface area (Å²) in [6, 6.07) is 10.6. The first-order valence-corrected chi connectivity index (χ1v) is 11.7. The molecular formula is C23H25N5O4S. The number of hydrogen-bond donors (Lipinski definition) is 1. The number of hydrogen-bond acceptors (Lipinski definition) is 7. The van der Waals surface area contributed by atoms with E-state index in [-0.39, 0.29) is 24.0 Å². The van der Waals surface area contributed by atoms with Crippen molar-refractivity contribution in [3.8, 4) is 5.75 Å². The van der Waals surface area contributed by atoms with Gasteiger partial charge >= 0.3 is 0 Å². The van der Waals surface area contributed by atoms with E-state index in [1.54, 1.807) is 17.6 Å². The van der Waals surface area contributed by atoms with Crippen molar-refractivity contribution in [2.45, 2.75) is 44.4 Å². The molecule has 1 amide bonds. The fraction of sp³-hybridized carbons (Fsp3) is 0.348. The molecule has 0 unspecified atom stereocenters. The molecule has 9 nitrogen and oxygen atoms in total. The van der Waals surface area contributed by atoms with E-state index >= 15 is 0 Å². The number of carbonyl (C=O) groups excluding carboxylic acids is 1. The van der Waals surface area contributed by atoms with Gasteiger partial charge in [-0.2, -0.15) is 0 Å². The maximum atomic E-state index is 12.4. The molecule has 0 radical (unpaired) electrons. The maximum absolute atomic E-state index is 12.4. The number of nitrogens with zero attached hydrogens (tertiary/aromatic N) is 4. The molecule has 10 heteroatoms. The van der Waals surface area contributed by atoms with Crippen LogP contribution >= 0.6 is 11.8 Å². The molecule has 1 aromatic heterocycles. The first-order valence-electron chi connectivity index (χ1n) is 10.7. The first kappa shape index (κ1) is 22.8. The van der Waals surface area contributed by atoms with Crippen LogP contribution in [0.15, 0.2) is 41.6 Å². The molecule has 1 aliphatic carbocycles. The minimum atomic E-state index is -0.489. The van der Waals surface area contributed by atoms with Gasteiger partial charge in [-0.25, -0.2) is 0 Å². The van der Waals surface area contributed by atoms with Crippen LogP contribution in [0.3, 0.4) is 0 Å². The Bertz CT molecular complexity index is 1190. The third kappa shape index (κ3) is 5.51. The van der Waals surface area contributed by atoms with Gasteiger partial charge in [0.2, 0.25) is 5.91 Å². The second-order valence-electron chi connectivity index (χ2n) is 7.98. The van der Waals surface area contributed by atoms with Crippen molar-refractivity contribution in [2.24, 2.45) is 7.05 Å². The van der Waals surface area contributed by atoms with E-state index in [4.69, 9.17) is 4.74 Å². The zero-order chi connectivity index (χ0) is 23.4. The van der Waals surface area contributed by atoms with Crippen LogP contribution in [0.5, 0.6) is 5.75 Å². The lowest BCUT2D eigenvalue weighted by Gasteiger charge is -2.16. The molecule has 33 heavy (non-hydrogen) atoms. The number of nitro groups is 1. The lowest BCUT2D eigenvalue weighted by molar-refractivity contribution is -0.384. The Labute approximate surface area is 195 Å². The number of ether oxygens (including phenoxy) is 1. The van der Waals surface area contributed by atoms with Gasteiger partial charge < -0.3 is 14.6 Å². The number of benzene rings is 2. The Balaban J connectivity index is 1.32. The average Bonchev–Trinajstić information content (AvgIpc) is 3.16. The predicted molar refractivity (Wildman–Crippen MR) is 126 cm³/mol. The molecule has 1 aliphatic rings. The number of aromatic nitrogens is 3. The zero-order valence-corrected chi connectivity index (χ0v) is 19.4. The number of amides is 1. The number of rotatable bonds is 8. The summed E-state index contributed by atoms with van der Waals surface area (Å²) in [7, 11) is 1.83. The quantitative estimate of drug-likeness (QED) is 0.300. The Kier molecular flexibility index (Phi) is 6.93. The number of thioether (sulfide) groups is 1. The maximum Gasteiger partial charge on any atom is 0.271 e. The van der Waals surface area contributed by atoms with Gasteiger partial charge in [0.05, 0.1) is 16.4 Å². The van der Waals surface area contributed by atoms with Crippen LogP contribution in [-0.4, -0.2) is 31.3 Å². The highest BCUT2D eigenvalue weighted by Crippen LogP contribution is 2.26. The second-order valence-corrected chi connectivity index (χ2v) is 8.92. The van der Waals surface area contributed by atoms with Crippen molar-refractivity contribution in [1.29, 1.82) is 0 Å². The highest BCUT2D eigenvalue weighted by Gasteiger charge is 2.15. The summed E-state index contributed by atoms with van der Waals surface area (Å²) in [6.07, 6.45) is 4.69. The van der Waals surface area contributed by atoms with Gasteiger partial charge in [0.15, 0.2) is 11.0 Å². The molecule has 0 saturated heterocycles. The van der Waals surface area contributed by atoms with E-state index in [1.807, 2.05) is 13.1 Å². The number of aryl methyl sites for hydroxylation is 3. The highest BCUT2D eigenvalue weighted by molar-refractivity contribution is 7.99. The lowest BCUT2D eigenvalue weighted by Crippen LogP contribution is -2.15. The smallest absolute Gasteiger partial charge is 0.271 e. The van der Waals surface area contributed by atoms with Crippen molar-refractivity contribution >= 4 is 29.0 Å². The van der Waals surface area contributed by atoms with E-state index in [1.165, 1.54) is 47.9 Å². The molecule has 0 aliphatic heterocycles. The molecule has 172 valence electrons. The third-order valence-electron chi connectivity index (χ3n) is 5.65. The topological polar surface area (TPSA) is 112 Å². The Hall–Kier alpha value is -3.40. The van der Waals surface area contributed by atoms with E-state index in [0.29, 0.717) is 16.7 Å². The summed E-state index contributed by atoms with van der Waals surface area (Å²) < 4.78 is 7.73. The van der Waals surface area contributed by atoms with Gasteiger partial charge in [0.25, 0.3) is 5.69 Å². The minimum Gasteiger partial charge on any atom is -0.486 e. The van der Waals surface area contributed by atoms with E-state index < -0.39 is 4.92 Å². The van der Waals surface area contributed by atoms with Gasteiger partial charge in [-0.15, -0.1) is 10.2 Å². The van der Waals surface area contributed by atoms with Crippen molar-refractivity contribution in [2.75, 3.05) is 11.1 Å². The Morgan fingerprint density at radius 1 is 1.18 bits per heavy atom. The van der Waals surface area contributed by atoms with Crippen molar-refractivity contribution in [3.63, 3.8) is 0 Å². The van der Waals surface area contributed by atoms with E-state index in [2.05, 4.69) is 27.6 Å². The van der Waals surface area contributed by atoms with E-state index in [9.17, 15) is 14.9 Å². The monoisotopic (exact) mass is 467 g/mol. The number of fused-ring (bicyclic) bond motifs is 1. The molecule has 1 N–H and O–H groups in total. The fourth-order valence-electron chi connectivity index (χ4n) is 3.72. The lowest BCUT2D eigenvalue weighted by atomic mass is 9.92. The fourth-order valence-corrected chi connectivity index (χ4v) is 4.45. The third-order valence-corrected chi connectivity index (χ3v) is 6.67. The summed E-state index contributed by atoms with van der Waals surface area (Å²) in [5, 5.41) is 22.6. The van der Waals surface area contributed by atoms with Crippen LogP contribution in [0.2, 0.25) is 0 Å². The standard InChI is InChI=1S/C23H25N5O4S/c1-15-7-9-18(28(30)31)12-20(15)24-22(29)14-33-23-26-25-21(27(23)2)13-32-19-10-8-16-5-3-4-6-17(16)11-19/h7-12H,3-6,13-14H2,1-2H3,(H,24,29). The molecule has 3 aromatic rings. The van der Waals surface area contributed by atoms with Crippen LogP contribution in [-0.2, 0) is 31.3 Å². The number of non-ortho nitro benzene ring substituents is 1. The average molecular weight is 468 g/mol. The van der Waals surface area contributed by atoms with Crippen LogP contribution in [0.25, 0.3) is 0 Å². The highest BCUT2D eigenvalue weighted by atomic mass is 32.2. The van der Waals surface area contributed by atoms with Crippen LogP contribution in [0.1, 0.15) is 35.4 Å². The number of nitro benzene ring substituents is 1. The molecule has 0 saturated carbocycles. The van der Waals surface area contributed by atoms with Gasteiger partial charge in [-0.3, -0.25) is 14.9 Å². The van der Waals surface area contributed by atoms with Crippen molar-refractivity contribution in [3.05, 3.63) is 69.0 Å². The van der Waals surface area contributed by atoms with Crippen LogP contribution in [0.4, 0.5) is 11.4 Å². The largest absolute Gasteiger partial charge is 0.486 e. The van der Waals surface area contributed by atoms with Gasteiger partial charge in [0, 0.05) is 19.2 Å². The molecule has 4 rings (SSSR count). The summed E-state index contributed by atoms with van der Waals surface area (Å²) in [5.41, 5.74) is 3.87. The molecule has 2 aromatic carbocycles. The van der Waals surface area contributed by atoms with Gasteiger partial charge in [-0.1, -0.05) is 23.9 Å². The van der Waals surface area contributed by atoms with Gasteiger partial charge in [-0.05, 0) is 61.4 Å². The molecule has 0 fully saturated rings. The van der Waals surface area contributed by atoms with Crippen LogP contribution < -0.4 is 10.1 Å². The second kappa shape index (κ2) is 10.0. The van der Waals surface area contributed by atoms with Gasteiger partial charge in [0.1, 0.15) is 12.4 Å². The molecule has 0 atom stereocenters. The summed E-state index contributed by atoms with van der Waals surface area (Å²) in [4.78, 5) is 22.9. The molecule has 0 bridgehead atoms. The Morgan fingerprint density at radius 2 is 1.97 bits per heavy atom.